The zero-order chi connectivity index (χ0) is 87.1. The van der Waals surface area contributed by atoms with E-state index in [-0.39, 0.29) is 0 Å². The number of hydrogen-bond donors (Lipinski definition) is 0. The second-order valence-corrected chi connectivity index (χ2v) is 32.6. The Hall–Kier alpha value is -18.2. The smallest absolute Gasteiger partial charge is 0.238 e. The third-order valence-corrected chi connectivity index (χ3v) is 24.8. The predicted molar refractivity (Wildman–Crippen MR) is 533 cm³/mol. The minimum atomic E-state index is 0.542. The molecule has 15 heteroatoms. The van der Waals surface area contributed by atoms with E-state index >= 15 is 0 Å². The Kier molecular flexibility index (Phi) is 18.5. The molecule has 0 fully saturated rings. The fourth-order valence-corrected chi connectivity index (χ4v) is 18.7. The average molecular weight is 1690 g/mol. The third kappa shape index (κ3) is 13.3. The average Bonchev–Trinajstić information content (AvgIpc) is 1.57. The van der Waals surface area contributed by atoms with Crippen molar-refractivity contribution < 1.29 is 13.3 Å². The van der Waals surface area contributed by atoms with Crippen LogP contribution in [0.2, 0.25) is 0 Å². The van der Waals surface area contributed by atoms with E-state index in [0.717, 1.165) is 187 Å². The molecule has 18 aromatic carbocycles. The third-order valence-electron chi connectivity index (χ3n) is 24.8. The number of hydrogen-bond acceptors (Lipinski definition) is 12. The highest BCUT2D eigenvalue weighted by Crippen LogP contribution is 2.46. The van der Waals surface area contributed by atoms with Crippen LogP contribution in [0.25, 0.3) is 251 Å². The summed E-state index contributed by atoms with van der Waals surface area (Å²) in [4.78, 5) is 44.9. The van der Waals surface area contributed by atoms with E-state index in [0.29, 0.717) is 52.7 Å². The van der Waals surface area contributed by atoms with Gasteiger partial charge in [-0.1, -0.05) is 376 Å². The molecule has 0 aliphatic carbocycles. The van der Waals surface area contributed by atoms with Crippen molar-refractivity contribution in [3.63, 3.8) is 0 Å². The van der Waals surface area contributed by atoms with E-state index in [1.54, 1.807) is 0 Å². The lowest BCUT2D eigenvalue weighted by atomic mass is 10.0. The van der Waals surface area contributed by atoms with Gasteiger partial charge in [0.15, 0.2) is 57.5 Å². The van der Waals surface area contributed by atoms with Gasteiger partial charge < -0.3 is 17.8 Å². The topological polar surface area (TPSA) is 170 Å². The minimum Gasteiger partial charge on any atom is -0.454 e. The van der Waals surface area contributed by atoms with Gasteiger partial charge in [0.1, 0.15) is 27.8 Å². The van der Waals surface area contributed by atoms with Crippen molar-refractivity contribution in [2.45, 2.75) is 0 Å². The number of benzene rings is 18. The van der Waals surface area contributed by atoms with E-state index in [4.69, 9.17) is 58.1 Å². The number of rotatable bonds is 12. The maximum Gasteiger partial charge on any atom is 0.238 e. The summed E-state index contributed by atoms with van der Waals surface area (Å²) in [6, 6.07) is 149. The molecule has 0 aliphatic heterocycles. The molecule has 15 nitrogen and oxygen atoms in total. The lowest BCUT2D eigenvalue weighted by Gasteiger charge is -2.14. The molecule has 9 aromatic heterocycles. The summed E-state index contributed by atoms with van der Waals surface area (Å²) in [7, 11) is 0. The minimum absolute atomic E-state index is 0.542. The molecule has 0 spiro atoms. The van der Waals surface area contributed by atoms with Crippen LogP contribution < -0.4 is 0 Å². The van der Waals surface area contributed by atoms with Gasteiger partial charge in [0.2, 0.25) is 11.9 Å². The standard InChI is InChI=1S/C45H28N4O.C39H24N4O.C33H20N4O/c1-3-13-30(14-4-1)43-46-44(31-15-5-2-6-16-31)48-45(47-43)32-25-23-29(24-26-32)33-17-7-10-20-38(33)49-39-21-11-8-18-34(39)36-27-28-37-35-19-9-12-22-40(35)50-42(37)41(36)49;1-3-11-25(12-4-1)26-19-21-28(22-20-26)38-40-37(27-13-5-2-6-14-27)41-39(42-38)43-33-17-9-7-15-29(33)31-23-24-32-30-16-8-10-18-34(30)44-36(32)35(31)43;1-3-11-21(12-4-1)31-34-32(22-13-5-2-6-14-22)36-33(35-31)37-27-17-9-7-15-23(27)25-19-20-26-24-16-8-10-18-28(24)38-30(26)29(25)37/h1-28H;1-24H;1-20H. The maximum atomic E-state index is 6.61. The van der Waals surface area contributed by atoms with Gasteiger partial charge in [-0.3, -0.25) is 9.13 Å². The highest BCUT2D eigenvalue weighted by Gasteiger charge is 2.27. The van der Waals surface area contributed by atoms with Crippen LogP contribution in [0, 0.1) is 0 Å². The van der Waals surface area contributed by atoms with Gasteiger partial charge in [-0.25, -0.2) is 24.9 Å². The Bertz CT molecular complexity index is 9020. The number of furan rings is 3. The van der Waals surface area contributed by atoms with Gasteiger partial charge in [0.05, 0.1) is 27.8 Å². The summed E-state index contributed by atoms with van der Waals surface area (Å²) in [5, 5.41) is 13.3. The summed E-state index contributed by atoms with van der Waals surface area (Å²) in [5.74, 6) is 5.48. The van der Waals surface area contributed by atoms with Crippen molar-refractivity contribution in [1.82, 2.24) is 58.6 Å². The molecule has 27 rings (SSSR count). The van der Waals surface area contributed by atoms with Crippen LogP contribution in [-0.2, 0) is 0 Å². The highest BCUT2D eigenvalue weighted by molar-refractivity contribution is 6.24. The first-order valence-corrected chi connectivity index (χ1v) is 43.9. The predicted octanol–water partition coefficient (Wildman–Crippen LogP) is 29.6. The van der Waals surface area contributed by atoms with Crippen molar-refractivity contribution in [3.8, 4) is 120 Å². The Morgan fingerprint density at radius 3 is 0.720 bits per heavy atom. The first-order valence-electron chi connectivity index (χ1n) is 43.9. The Balaban J connectivity index is 0.000000107. The summed E-state index contributed by atoms with van der Waals surface area (Å²) < 4.78 is 26.3. The van der Waals surface area contributed by atoms with Gasteiger partial charge in [-0.15, -0.1) is 0 Å². The second-order valence-electron chi connectivity index (χ2n) is 32.6. The van der Waals surface area contributed by atoms with Crippen LogP contribution in [0.15, 0.2) is 450 Å². The van der Waals surface area contributed by atoms with Gasteiger partial charge in [-0.05, 0) is 77.4 Å². The zero-order valence-electron chi connectivity index (χ0n) is 70.7. The fourth-order valence-electron chi connectivity index (χ4n) is 18.7. The van der Waals surface area contributed by atoms with E-state index in [2.05, 4.69) is 238 Å². The van der Waals surface area contributed by atoms with Crippen molar-refractivity contribution in [3.05, 3.63) is 437 Å². The second kappa shape index (κ2) is 32.0. The zero-order valence-corrected chi connectivity index (χ0v) is 70.7. The van der Waals surface area contributed by atoms with Crippen LogP contribution in [0.1, 0.15) is 0 Å². The normalized spacial score (nSPS) is 11.6. The Morgan fingerprint density at radius 2 is 0.379 bits per heavy atom. The van der Waals surface area contributed by atoms with Crippen LogP contribution >= 0.6 is 0 Å². The summed E-state index contributed by atoms with van der Waals surface area (Å²) >= 11 is 0. The van der Waals surface area contributed by atoms with Crippen LogP contribution in [0.4, 0.5) is 0 Å². The highest BCUT2D eigenvalue weighted by atomic mass is 16.3. The number of fused-ring (bicyclic) bond motifs is 21. The lowest BCUT2D eigenvalue weighted by molar-refractivity contribution is 0.670. The SMILES string of the molecule is c1ccc(-c2ccc(-c3nc(-c4ccccc4)nc(-n4c5ccccc5c5ccc6c7ccccc7oc6c54)n3)cc2)cc1.c1ccc(-c2nc(-c3ccccc3)nc(-c3ccc(-c4ccccc4-n4c5ccccc5c5ccc6c7ccccc7oc6c54)cc3)n2)cc1.c1ccc(-c2nc(-c3ccccc3)nc(-n3c4ccccc4c4ccc5c6ccccc6oc5c43)n2)cc1. The first-order chi connectivity index (χ1) is 65.5. The van der Waals surface area contributed by atoms with Crippen LogP contribution in [0.5, 0.6) is 0 Å². The Labute approximate surface area is 754 Å². The molecule has 27 aromatic rings. The number of aromatic nitrogens is 12. The quantitative estimate of drug-likeness (QED) is 0.114. The van der Waals surface area contributed by atoms with Crippen molar-refractivity contribution in [2.75, 3.05) is 0 Å². The van der Waals surface area contributed by atoms with Crippen LogP contribution in [0.3, 0.4) is 0 Å². The molecule has 0 radical (unpaired) electrons. The molecule has 0 saturated heterocycles. The van der Waals surface area contributed by atoms with E-state index in [1.807, 2.05) is 212 Å². The molecule has 0 unspecified atom stereocenters. The van der Waals surface area contributed by atoms with E-state index in [1.165, 1.54) is 10.9 Å². The summed E-state index contributed by atoms with van der Waals surface area (Å²) in [6.07, 6.45) is 0. The molecule has 0 atom stereocenters. The number of para-hydroxylation sites is 7. The van der Waals surface area contributed by atoms with E-state index < -0.39 is 0 Å². The molecular weight excluding hydrogens is 1620 g/mol. The van der Waals surface area contributed by atoms with Gasteiger partial charge in [-0.2, -0.15) is 19.9 Å². The number of nitrogens with zero attached hydrogens (tertiary/aromatic N) is 12. The monoisotopic (exact) mass is 1690 g/mol. The van der Waals surface area contributed by atoms with E-state index in [9.17, 15) is 0 Å². The van der Waals surface area contributed by atoms with Gasteiger partial charge in [0.25, 0.3) is 0 Å². The molecular formula is C117H72N12O3. The van der Waals surface area contributed by atoms with Crippen molar-refractivity contribution >= 4 is 131 Å². The maximum absolute atomic E-state index is 6.61. The largest absolute Gasteiger partial charge is 0.454 e. The Morgan fingerprint density at radius 1 is 0.152 bits per heavy atom. The lowest BCUT2D eigenvalue weighted by Crippen LogP contribution is -2.06. The van der Waals surface area contributed by atoms with Gasteiger partial charge in [0, 0.05) is 109 Å². The van der Waals surface area contributed by atoms with Crippen LogP contribution in [-0.4, -0.2) is 58.6 Å². The van der Waals surface area contributed by atoms with Crippen molar-refractivity contribution in [1.29, 1.82) is 0 Å². The summed E-state index contributed by atoms with van der Waals surface area (Å²) in [5.41, 5.74) is 23.3. The summed E-state index contributed by atoms with van der Waals surface area (Å²) in [6.45, 7) is 0. The molecule has 0 bridgehead atoms. The molecule has 0 amide bonds. The van der Waals surface area contributed by atoms with Crippen molar-refractivity contribution in [2.24, 2.45) is 0 Å². The first kappa shape index (κ1) is 76.2. The fraction of sp³-hybridized carbons (Fsp3) is 0. The molecule has 0 saturated carbocycles. The molecule has 0 N–H and O–H groups in total. The molecule has 9 heterocycles. The molecule has 132 heavy (non-hydrogen) atoms. The molecule has 0 aliphatic rings. The van der Waals surface area contributed by atoms with Gasteiger partial charge >= 0.3 is 0 Å². The molecule has 618 valence electrons.